The molecule has 24 nitrogen and oxygen atoms in total. The predicted molar refractivity (Wildman–Crippen MR) is 376 cm³/mol. The fourth-order valence-corrected chi connectivity index (χ4v) is 10.4. The van der Waals surface area contributed by atoms with E-state index in [1.807, 2.05) is 84.7 Å². The molecule has 3 aliphatic rings. The molecule has 24 heteroatoms. The van der Waals surface area contributed by atoms with E-state index in [2.05, 4.69) is 61.0 Å². The molecule has 0 aliphatic carbocycles. The molecule has 494 valence electrons. The molecular weight excluding hydrogens is 1190 g/mol. The van der Waals surface area contributed by atoms with Gasteiger partial charge in [0, 0.05) is 120 Å². The van der Waals surface area contributed by atoms with Gasteiger partial charge in [0.1, 0.15) is 0 Å². The van der Waals surface area contributed by atoms with Crippen molar-refractivity contribution in [3.05, 3.63) is 216 Å². The van der Waals surface area contributed by atoms with E-state index in [4.69, 9.17) is 21.9 Å². The number of rotatable bonds is 16. The number of nitrogen functional groups attached to an aromatic ring is 3. The number of piperazine rings is 1. The van der Waals surface area contributed by atoms with Crippen LogP contribution >= 0.6 is 0 Å². The highest BCUT2D eigenvalue weighted by Crippen LogP contribution is 2.26. The van der Waals surface area contributed by atoms with E-state index in [1.54, 1.807) is 103 Å². The number of benzene rings is 6. The molecule has 12 rings (SSSR count). The number of likely N-dealkylation sites (tertiary alicyclic amines) is 2. The molecule has 3 aliphatic heterocycles. The third-order valence-electron chi connectivity index (χ3n) is 15.8. The van der Waals surface area contributed by atoms with Crippen LogP contribution in [0.3, 0.4) is 0 Å². The highest BCUT2D eigenvalue weighted by Gasteiger charge is 2.31. The van der Waals surface area contributed by atoms with E-state index in [0.717, 1.165) is 32.7 Å². The predicted octanol–water partition coefficient (Wildman–Crippen LogP) is 9.73. The number of nitrogens with one attached hydrogen (secondary N) is 4. The van der Waals surface area contributed by atoms with Gasteiger partial charge in [0.2, 0.25) is 0 Å². The highest BCUT2D eigenvalue weighted by molar-refractivity contribution is 6.08. The number of carbonyl (C=O) groups is 6. The molecule has 0 spiro atoms. The maximum atomic E-state index is 12.9. The Bertz CT molecular complexity index is 4160. The number of nitrogens with zero attached hydrogens (tertiary/aromatic N) is 10. The number of likely N-dealkylation sites (N-methyl/N-ethyl adjacent to an activating group) is 1. The maximum Gasteiger partial charge on any atom is 0.278 e. The van der Waals surface area contributed by atoms with Crippen molar-refractivity contribution < 1.29 is 43.5 Å². The smallest absolute Gasteiger partial charge is 0.278 e. The van der Waals surface area contributed by atoms with Crippen molar-refractivity contribution in [2.75, 3.05) is 113 Å². The molecular formula is C70H87N17O7. The van der Waals surface area contributed by atoms with Crippen LogP contribution in [0.2, 0.25) is 0 Å². The lowest BCUT2D eigenvalue weighted by Crippen LogP contribution is -2.54. The number of nitrogens with two attached hydrogens (primary N) is 3. The first kappa shape index (κ1) is 65.6. The quantitative estimate of drug-likeness (QED) is 0.0473. The van der Waals surface area contributed by atoms with Crippen molar-refractivity contribution in [1.29, 1.82) is 0 Å². The Kier molecular flexibility index (Phi) is 22.1. The summed E-state index contributed by atoms with van der Waals surface area (Å²) >= 11 is 0. The molecule has 6 aromatic carbocycles. The molecule has 3 fully saturated rings. The Balaban J connectivity index is 0.000000381. The summed E-state index contributed by atoms with van der Waals surface area (Å²) in [4.78, 5) is 110. The van der Waals surface area contributed by atoms with Crippen molar-refractivity contribution in [2.45, 2.75) is 25.4 Å². The molecule has 0 radical (unpaired) electrons. The average molecular weight is 1280 g/mol. The minimum Gasteiger partial charge on any atom is -0.382 e. The standard InChI is InChI=1S/C25H28N6O2.C23H24N6O2.C22H21N5O3.7H2/c26-23-22(25(33)29-20-10-3-1-4-11-20)30-21(17-28-23)18-8-7-9-19(16-18)24(32)27-12-15-31-13-5-2-6-14-31;1-28-10-12-29(13-11-28)23(31)17-7-5-6-16(14-17)19-15-25-21(24)20(27-19)22(30)26-18-8-3-2-4-9-18;1-30-17-12-27(13-17)22(29)15-7-5-6-14(10-15)18-11-24-20(23)19(26-18)21(28)25-16-8-3-2-4-9-16;;;;;;;/h1,3-4,7-11,16-17H,2,5-6,12-15H2,(H2,26,28)(H,27,32)(H,29,33);2-9,14-15H,10-13H2,1H3,(H2,24,25)(H,26,30);2-11,17H,12-13H2,1H3,(H2,23,24)(H,25,28);7*1H. The minimum atomic E-state index is -0.452. The van der Waals surface area contributed by atoms with Crippen LogP contribution in [0.25, 0.3) is 33.8 Å². The van der Waals surface area contributed by atoms with Crippen LogP contribution in [0.1, 0.15) is 91.8 Å². The second kappa shape index (κ2) is 31.6. The lowest BCUT2D eigenvalue weighted by atomic mass is 10.0. The first-order valence-electron chi connectivity index (χ1n) is 30.7. The third kappa shape index (κ3) is 17.4. The summed E-state index contributed by atoms with van der Waals surface area (Å²) in [5.41, 5.74) is 24.8. The number of hydrogen-bond donors (Lipinski definition) is 7. The zero-order chi connectivity index (χ0) is 65.9. The number of piperidine rings is 1. The number of aromatic nitrogens is 6. The van der Waals surface area contributed by atoms with Gasteiger partial charge in [0.05, 0.1) is 41.8 Å². The van der Waals surface area contributed by atoms with Crippen LogP contribution in [0.15, 0.2) is 182 Å². The molecule has 0 bridgehead atoms. The molecule has 3 aromatic heterocycles. The molecule has 0 atom stereocenters. The van der Waals surface area contributed by atoms with Crippen LogP contribution in [0, 0.1) is 0 Å². The summed E-state index contributed by atoms with van der Waals surface area (Å²) in [7, 11) is 3.69. The number of carbonyl (C=O) groups excluding carboxylic acids is 6. The van der Waals surface area contributed by atoms with Gasteiger partial charge in [-0.1, -0.05) is 97.4 Å². The molecule has 9 aromatic rings. The van der Waals surface area contributed by atoms with Crippen LogP contribution in [-0.4, -0.2) is 171 Å². The molecule has 3 saturated heterocycles. The molecule has 10 N–H and O–H groups in total. The lowest BCUT2D eigenvalue weighted by molar-refractivity contribution is -0.0191. The maximum absolute atomic E-state index is 12.9. The van der Waals surface area contributed by atoms with Crippen LogP contribution in [0.5, 0.6) is 0 Å². The van der Waals surface area contributed by atoms with Gasteiger partial charge >= 0.3 is 0 Å². The Morgan fingerprint density at radius 1 is 0.468 bits per heavy atom. The van der Waals surface area contributed by atoms with Gasteiger partial charge in [-0.05, 0) is 106 Å². The van der Waals surface area contributed by atoms with E-state index in [9.17, 15) is 28.8 Å². The summed E-state index contributed by atoms with van der Waals surface area (Å²) in [5, 5.41) is 11.3. The number of hydrogen-bond acceptors (Lipinski definition) is 18. The second-order valence-electron chi connectivity index (χ2n) is 22.5. The third-order valence-corrected chi connectivity index (χ3v) is 15.8. The van der Waals surface area contributed by atoms with Gasteiger partial charge < -0.3 is 62.8 Å². The van der Waals surface area contributed by atoms with E-state index < -0.39 is 17.7 Å². The molecule has 6 amide bonds. The van der Waals surface area contributed by atoms with E-state index in [1.165, 1.54) is 37.9 Å². The van der Waals surface area contributed by atoms with Gasteiger partial charge in [0.25, 0.3) is 35.4 Å². The summed E-state index contributed by atoms with van der Waals surface area (Å²) in [5.74, 6) is -1.45. The Morgan fingerprint density at radius 3 is 1.26 bits per heavy atom. The number of anilines is 6. The SMILES string of the molecule is CN1CCN(C(=O)c2cccc(-c3cnc(N)c(C(=O)Nc4ccccc4)n3)c2)CC1.COC1CN(C(=O)c2cccc(-c3cnc(N)c(C(=O)Nc4ccccc4)n3)c2)C1.Nc1ncc(-c2cccc(C(=O)NCCN3CCCCC3)c2)nc1C(=O)Nc1ccccc1.[HH].[HH].[HH].[HH].[HH].[HH].[HH]. The number of methoxy groups -OCH3 is 1. The van der Waals surface area contributed by atoms with Gasteiger partial charge in [-0.2, -0.15) is 0 Å². The van der Waals surface area contributed by atoms with E-state index in [-0.39, 0.29) is 68.3 Å². The van der Waals surface area contributed by atoms with Gasteiger partial charge in [-0.15, -0.1) is 0 Å². The minimum absolute atomic E-state index is 0. The largest absolute Gasteiger partial charge is 0.382 e. The van der Waals surface area contributed by atoms with Crippen molar-refractivity contribution >= 4 is 70.0 Å². The summed E-state index contributed by atoms with van der Waals surface area (Å²) in [6.45, 7) is 7.92. The topological polar surface area (TPSA) is 328 Å². The van der Waals surface area contributed by atoms with Crippen molar-refractivity contribution in [3.63, 3.8) is 0 Å². The lowest BCUT2D eigenvalue weighted by Gasteiger charge is -2.38. The summed E-state index contributed by atoms with van der Waals surface area (Å²) in [6.07, 6.45) is 8.33. The number of para-hydroxylation sites is 3. The van der Waals surface area contributed by atoms with Gasteiger partial charge in [-0.25, -0.2) is 29.9 Å². The first-order valence-corrected chi connectivity index (χ1v) is 30.7. The Labute approximate surface area is 554 Å². The normalized spacial score (nSPS) is 13.9. The second-order valence-corrected chi connectivity index (χ2v) is 22.5. The first-order chi connectivity index (χ1) is 45.7. The fourth-order valence-electron chi connectivity index (χ4n) is 10.4. The van der Waals surface area contributed by atoms with Crippen LogP contribution in [-0.2, 0) is 4.74 Å². The van der Waals surface area contributed by atoms with Gasteiger partial charge in [-0.3, -0.25) is 28.8 Å². The highest BCUT2D eigenvalue weighted by atomic mass is 16.5. The zero-order valence-corrected chi connectivity index (χ0v) is 52.2. The fraction of sp³-hybridized carbons (Fsp3) is 0.229. The van der Waals surface area contributed by atoms with Crippen molar-refractivity contribution in [2.24, 2.45) is 0 Å². The number of amides is 6. The van der Waals surface area contributed by atoms with Crippen LogP contribution in [0.4, 0.5) is 34.5 Å². The summed E-state index contributed by atoms with van der Waals surface area (Å²) < 4.78 is 5.22. The monoisotopic (exact) mass is 1280 g/mol. The van der Waals surface area contributed by atoms with E-state index in [0.29, 0.717) is 100 Å². The molecule has 94 heavy (non-hydrogen) atoms. The number of ether oxygens (including phenoxy) is 1. The van der Waals surface area contributed by atoms with Crippen LogP contribution < -0.4 is 38.5 Å². The Morgan fingerprint density at radius 2 is 0.851 bits per heavy atom. The van der Waals surface area contributed by atoms with Gasteiger partial charge in [0.15, 0.2) is 34.5 Å². The molecule has 6 heterocycles. The van der Waals surface area contributed by atoms with Crippen molar-refractivity contribution in [1.82, 2.24) is 54.8 Å². The average Bonchev–Trinajstić information content (AvgIpc) is 0.821. The zero-order valence-electron chi connectivity index (χ0n) is 52.2. The van der Waals surface area contributed by atoms with E-state index >= 15 is 0 Å². The Hall–Kier alpha value is -11.3. The van der Waals surface area contributed by atoms with Crippen molar-refractivity contribution in [3.8, 4) is 33.8 Å². The molecule has 0 saturated carbocycles. The molecule has 0 unspecified atom stereocenters. The summed E-state index contributed by atoms with van der Waals surface area (Å²) in [6, 6.07) is 48.5.